The first-order valence-corrected chi connectivity index (χ1v) is 7.59. The van der Waals surface area contributed by atoms with Crippen LogP contribution in [0.15, 0.2) is 41.4 Å². The van der Waals surface area contributed by atoms with Crippen LogP contribution in [0.4, 0.5) is 0 Å². The Morgan fingerprint density at radius 2 is 2.05 bits per heavy atom. The van der Waals surface area contributed by atoms with E-state index in [0.29, 0.717) is 12.6 Å². The molecule has 0 saturated heterocycles. The second kappa shape index (κ2) is 8.78. The van der Waals surface area contributed by atoms with Gasteiger partial charge in [0.25, 0.3) is 0 Å². The highest BCUT2D eigenvalue weighted by atomic mass is 16.5. The molecule has 1 aromatic carbocycles. The smallest absolute Gasteiger partial charge is 0.191 e. The van der Waals surface area contributed by atoms with E-state index in [1.807, 2.05) is 12.1 Å². The van der Waals surface area contributed by atoms with Crippen LogP contribution in [0.2, 0.25) is 0 Å². The average molecular weight is 297 g/mol. The highest BCUT2D eigenvalue weighted by Crippen LogP contribution is 2.12. The van der Waals surface area contributed by atoms with E-state index in [1.54, 1.807) is 7.05 Å². The average Bonchev–Trinajstić information content (AvgIpc) is 3.06. The lowest BCUT2D eigenvalue weighted by atomic mass is 10.1. The molecule has 22 heavy (non-hydrogen) atoms. The van der Waals surface area contributed by atoms with Crippen molar-refractivity contribution in [1.29, 1.82) is 0 Å². The van der Waals surface area contributed by atoms with E-state index in [2.05, 4.69) is 45.8 Å². The summed E-state index contributed by atoms with van der Waals surface area (Å²) < 4.78 is 5.36. The minimum absolute atomic E-state index is 0.304. The predicted octanol–water partition coefficient (Wildman–Crippen LogP) is 2.12. The minimum Gasteiger partial charge on any atom is -0.481 e. The highest BCUT2D eigenvalue weighted by molar-refractivity contribution is 5.80. The Bertz CT molecular complexity index is 547. The Hall–Kier alpha value is -2.41. The molecule has 0 unspecified atom stereocenters. The maximum atomic E-state index is 5.36. The monoisotopic (exact) mass is 297 g/mol. The number of nitrogens with one attached hydrogen (secondary N) is 2. The number of hydrogen-bond acceptors (Lipinski definition) is 2. The second-order valence-corrected chi connectivity index (χ2v) is 5.17. The largest absolute Gasteiger partial charge is 0.481 e. The quantitative estimate of drug-likeness (QED) is 0.366. The van der Waals surface area contributed by atoms with Gasteiger partial charge in [-0.2, -0.15) is 0 Å². The topological polar surface area (TPSA) is 45.6 Å². The van der Waals surface area contributed by atoms with E-state index in [0.717, 1.165) is 37.5 Å². The normalized spacial score (nSPS) is 14.6. The predicted molar refractivity (Wildman–Crippen MR) is 91.1 cm³/mol. The molecule has 1 aliphatic rings. The van der Waals surface area contributed by atoms with Crippen LogP contribution < -0.4 is 15.4 Å². The molecule has 0 fully saturated rings. The van der Waals surface area contributed by atoms with Crippen LogP contribution in [-0.2, 0) is 6.42 Å². The van der Waals surface area contributed by atoms with Gasteiger partial charge in [-0.1, -0.05) is 30.2 Å². The summed E-state index contributed by atoms with van der Waals surface area (Å²) in [7, 11) is 1.80. The highest BCUT2D eigenvalue weighted by Gasteiger charge is 2.11. The Morgan fingerprint density at radius 3 is 2.68 bits per heavy atom. The van der Waals surface area contributed by atoms with E-state index >= 15 is 0 Å². The van der Waals surface area contributed by atoms with Crippen molar-refractivity contribution in [2.45, 2.75) is 25.3 Å². The van der Waals surface area contributed by atoms with Gasteiger partial charge >= 0.3 is 0 Å². The first-order chi connectivity index (χ1) is 10.8. The van der Waals surface area contributed by atoms with Crippen LogP contribution in [0.25, 0.3) is 0 Å². The summed E-state index contributed by atoms with van der Waals surface area (Å²) in [4.78, 5) is 4.26. The number of aliphatic imine (C=N–C) groups is 1. The summed E-state index contributed by atoms with van der Waals surface area (Å²) in [6.45, 7) is 1.14. The fraction of sp³-hybridized carbons (Fsp3) is 0.389. The molecule has 0 aliphatic heterocycles. The Morgan fingerprint density at radius 1 is 1.32 bits per heavy atom. The fourth-order valence-corrected chi connectivity index (χ4v) is 2.33. The van der Waals surface area contributed by atoms with Crippen molar-refractivity contribution in [3.05, 3.63) is 42.0 Å². The van der Waals surface area contributed by atoms with Crippen molar-refractivity contribution in [2.75, 3.05) is 20.2 Å². The minimum atomic E-state index is 0.304. The maximum Gasteiger partial charge on any atom is 0.191 e. The van der Waals surface area contributed by atoms with Crippen LogP contribution in [-0.4, -0.2) is 32.2 Å². The summed E-state index contributed by atoms with van der Waals surface area (Å²) in [5.74, 6) is 4.13. The Labute approximate surface area is 132 Å². The van der Waals surface area contributed by atoms with Crippen molar-refractivity contribution in [3.8, 4) is 18.1 Å². The van der Waals surface area contributed by atoms with E-state index in [9.17, 15) is 0 Å². The second-order valence-electron chi connectivity index (χ2n) is 5.17. The molecule has 0 radical (unpaired) electrons. The van der Waals surface area contributed by atoms with Crippen molar-refractivity contribution >= 4 is 5.96 Å². The van der Waals surface area contributed by atoms with E-state index in [4.69, 9.17) is 11.2 Å². The number of guanidine groups is 1. The maximum absolute atomic E-state index is 5.36. The van der Waals surface area contributed by atoms with Gasteiger partial charge in [0.05, 0.1) is 0 Å². The number of terminal acetylenes is 1. The van der Waals surface area contributed by atoms with Crippen molar-refractivity contribution < 1.29 is 4.74 Å². The third-order valence-corrected chi connectivity index (χ3v) is 3.52. The standard InChI is InChI=1S/C18H23N3O/c1-3-14-22-17-10-8-15(9-11-17)12-13-20-18(19-2)21-16-6-4-5-7-16/h1,4-5,8-11,16H,6-7,12-14H2,2H3,(H2,19,20,21). The molecule has 2 rings (SSSR count). The third-order valence-electron chi connectivity index (χ3n) is 3.52. The van der Waals surface area contributed by atoms with Gasteiger partial charge in [0, 0.05) is 19.6 Å². The van der Waals surface area contributed by atoms with E-state index < -0.39 is 0 Å². The zero-order chi connectivity index (χ0) is 15.6. The number of ether oxygens (including phenoxy) is 1. The van der Waals surface area contributed by atoms with Gasteiger partial charge in [0.2, 0.25) is 0 Å². The van der Waals surface area contributed by atoms with Crippen molar-refractivity contribution in [1.82, 2.24) is 10.6 Å². The molecular formula is C18H23N3O. The number of rotatable bonds is 6. The first-order valence-electron chi connectivity index (χ1n) is 7.59. The molecule has 2 N–H and O–H groups in total. The lowest BCUT2D eigenvalue weighted by Crippen LogP contribution is -2.43. The lowest BCUT2D eigenvalue weighted by molar-refractivity contribution is 0.370. The molecule has 0 heterocycles. The van der Waals surface area contributed by atoms with Gasteiger partial charge in [0.15, 0.2) is 5.96 Å². The number of benzene rings is 1. The molecule has 116 valence electrons. The van der Waals surface area contributed by atoms with E-state index in [-0.39, 0.29) is 0 Å². The summed E-state index contributed by atoms with van der Waals surface area (Å²) in [6.07, 6.45) is 12.6. The molecule has 0 aromatic heterocycles. The molecule has 4 nitrogen and oxygen atoms in total. The number of nitrogens with zero attached hydrogens (tertiary/aromatic N) is 1. The zero-order valence-corrected chi connectivity index (χ0v) is 13.0. The van der Waals surface area contributed by atoms with Gasteiger partial charge in [-0.3, -0.25) is 4.99 Å². The lowest BCUT2D eigenvalue weighted by Gasteiger charge is -2.16. The van der Waals surface area contributed by atoms with Crippen LogP contribution >= 0.6 is 0 Å². The molecule has 1 aliphatic carbocycles. The Balaban J connectivity index is 1.71. The first kappa shape index (κ1) is 16.0. The SMILES string of the molecule is C#CCOc1ccc(CCNC(=NC)NC2CC=CC2)cc1. The van der Waals surface area contributed by atoms with Gasteiger partial charge < -0.3 is 15.4 Å². The summed E-state index contributed by atoms with van der Waals surface area (Å²) >= 11 is 0. The van der Waals surface area contributed by atoms with Crippen molar-refractivity contribution in [2.24, 2.45) is 4.99 Å². The summed E-state index contributed by atoms with van der Waals surface area (Å²) in [5, 5.41) is 6.77. The van der Waals surface area contributed by atoms with Crippen LogP contribution in [0, 0.1) is 12.3 Å². The van der Waals surface area contributed by atoms with Gasteiger partial charge in [-0.05, 0) is 37.0 Å². The van der Waals surface area contributed by atoms with E-state index in [1.165, 1.54) is 5.56 Å². The van der Waals surface area contributed by atoms with Gasteiger partial charge in [0.1, 0.15) is 12.4 Å². The molecule has 4 heteroatoms. The van der Waals surface area contributed by atoms with Gasteiger partial charge in [-0.15, -0.1) is 6.42 Å². The molecule has 0 atom stereocenters. The fourth-order valence-electron chi connectivity index (χ4n) is 2.33. The molecule has 1 aromatic rings. The molecular weight excluding hydrogens is 274 g/mol. The van der Waals surface area contributed by atoms with Crippen molar-refractivity contribution in [3.63, 3.8) is 0 Å². The van der Waals surface area contributed by atoms with Crippen LogP contribution in [0.5, 0.6) is 5.75 Å². The summed E-state index contributed by atoms with van der Waals surface area (Å²) in [6, 6.07) is 8.49. The Kier molecular flexibility index (Phi) is 6.38. The molecule has 0 amide bonds. The van der Waals surface area contributed by atoms with Crippen LogP contribution in [0.3, 0.4) is 0 Å². The molecule has 0 spiro atoms. The van der Waals surface area contributed by atoms with Gasteiger partial charge in [-0.25, -0.2) is 0 Å². The summed E-state index contributed by atoms with van der Waals surface area (Å²) in [5.41, 5.74) is 1.25. The molecule has 0 saturated carbocycles. The molecule has 0 bridgehead atoms. The third kappa shape index (κ3) is 5.17. The zero-order valence-electron chi connectivity index (χ0n) is 13.0. The number of hydrogen-bond donors (Lipinski definition) is 2. The van der Waals surface area contributed by atoms with Crippen LogP contribution in [0.1, 0.15) is 18.4 Å².